The molecule has 0 radical (unpaired) electrons. The lowest BCUT2D eigenvalue weighted by Gasteiger charge is -2.33. The van der Waals surface area contributed by atoms with Crippen LogP contribution in [0.5, 0.6) is 0 Å². The zero-order valence-electron chi connectivity index (χ0n) is 12.0. The highest BCUT2D eigenvalue weighted by atomic mass is 16.5. The molecule has 7 heteroatoms. The minimum atomic E-state index is -1.01. The molecule has 20 heavy (non-hydrogen) atoms. The highest BCUT2D eigenvalue weighted by molar-refractivity contribution is 5.80. The van der Waals surface area contributed by atoms with E-state index in [0.717, 1.165) is 25.7 Å². The number of carbonyl (C=O) groups excluding carboxylic acids is 1. The molecule has 1 aliphatic rings. The second-order valence-corrected chi connectivity index (χ2v) is 4.95. The summed E-state index contributed by atoms with van der Waals surface area (Å²) in [7, 11) is 1.54. The highest BCUT2D eigenvalue weighted by Gasteiger charge is 2.31. The molecule has 1 saturated carbocycles. The summed E-state index contributed by atoms with van der Waals surface area (Å²) in [6.45, 7) is 0.445. The van der Waals surface area contributed by atoms with Crippen LogP contribution in [0.1, 0.15) is 25.7 Å². The molecule has 7 nitrogen and oxygen atoms in total. The Bertz CT molecular complexity index is 318. The van der Waals surface area contributed by atoms with Crippen molar-refractivity contribution in [3.05, 3.63) is 0 Å². The molecular formula is C13H24N2O5. The first-order valence-electron chi connectivity index (χ1n) is 6.97. The molecule has 116 valence electrons. The number of aliphatic hydroxyl groups is 1. The maximum absolute atomic E-state index is 12.5. The first-order valence-corrected chi connectivity index (χ1v) is 6.97. The molecule has 0 bridgehead atoms. The lowest BCUT2D eigenvalue weighted by Crippen LogP contribution is -2.51. The summed E-state index contributed by atoms with van der Waals surface area (Å²) in [6, 6.07) is -0.340. The molecule has 2 N–H and O–H groups in total. The number of rotatable bonds is 8. The van der Waals surface area contributed by atoms with Crippen molar-refractivity contribution < 1.29 is 24.5 Å². The van der Waals surface area contributed by atoms with E-state index in [1.807, 2.05) is 0 Å². The van der Waals surface area contributed by atoms with Crippen LogP contribution in [0.25, 0.3) is 0 Å². The zero-order chi connectivity index (χ0) is 15.0. The van der Waals surface area contributed by atoms with Crippen molar-refractivity contribution in [2.75, 3.05) is 40.0 Å². The van der Waals surface area contributed by atoms with Crippen LogP contribution in [-0.2, 0) is 9.53 Å². The van der Waals surface area contributed by atoms with Gasteiger partial charge in [0.25, 0.3) is 0 Å². The average Bonchev–Trinajstić information content (AvgIpc) is 2.93. The lowest BCUT2D eigenvalue weighted by atomic mass is 10.2. The summed E-state index contributed by atoms with van der Waals surface area (Å²) in [4.78, 5) is 26.3. The third-order valence-corrected chi connectivity index (χ3v) is 3.52. The van der Waals surface area contributed by atoms with Crippen LogP contribution in [0.15, 0.2) is 0 Å². The van der Waals surface area contributed by atoms with E-state index in [0.29, 0.717) is 13.2 Å². The minimum absolute atomic E-state index is 0.0117. The van der Waals surface area contributed by atoms with Gasteiger partial charge in [-0.1, -0.05) is 12.8 Å². The van der Waals surface area contributed by atoms with Crippen LogP contribution in [-0.4, -0.2) is 78.0 Å². The minimum Gasteiger partial charge on any atom is -0.480 e. The molecule has 1 aliphatic carbocycles. The van der Waals surface area contributed by atoms with Gasteiger partial charge in [0.2, 0.25) is 0 Å². The number of urea groups is 1. The number of carboxylic acid groups (broad SMARTS) is 1. The van der Waals surface area contributed by atoms with Crippen LogP contribution in [0.4, 0.5) is 4.79 Å². The Balaban J connectivity index is 2.73. The standard InChI is InChI=1S/C13H24N2O5/c1-20-9-7-14(6-8-16)13(19)15(10-12(17)18)11-4-2-3-5-11/h11,16H,2-10H2,1H3,(H,17,18). The lowest BCUT2D eigenvalue weighted by molar-refractivity contribution is -0.138. The number of aliphatic carboxylic acids is 1. The van der Waals surface area contributed by atoms with Crippen LogP contribution in [0.2, 0.25) is 0 Å². The Morgan fingerprint density at radius 3 is 2.40 bits per heavy atom. The second kappa shape index (κ2) is 8.76. The van der Waals surface area contributed by atoms with Crippen LogP contribution < -0.4 is 0 Å². The summed E-state index contributed by atoms with van der Waals surface area (Å²) < 4.78 is 4.94. The number of methoxy groups -OCH3 is 1. The van der Waals surface area contributed by atoms with E-state index in [4.69, 9.17) is 14.9 Å². The van der Waals surface area contributed by atoms with Gasteiger partial charge >= 0.3 is 12.0 Å². The number of carbonyl (C=O) groups is 2. The van der Waals surface area contributed by atoms with Gasteiger partial charge in [0, 0.05) is 26.2 Å². The number of hydrogen-bond acceptors (Lipinski definition) is 4. The van der Waals surface area contributed by atoms with Gasteiger partial charge < -0.3 is 24.7 Å². The molecule has 0 aliphatic heterocycles. The molecular weight excluding hydrogens is 264 g/mol. The van der Waals surface area contributed by atoms with Gasteiger partial charge in [-0.2, -0.15) is 0 Å². The van der Waals surface area contributed by atoms with Crippen molar-refractivity contribution in [1.29, 1.82) is 0 Å². The van der Waals surface area contributed by atoms with Gasteiger partial charge in [0.05, 0.1) is 13.2 Å². The molecule has 0 saturated heterocycles. The number of nitrogens with zero attached hydrogens (tertiary/aromatic N) is 2. The zero-order valence-corrected chi connectivity index (χ0v) is 12.0. The van der Waals surface area contributed by atoms with Crippen LogP contribution in [0.3, 0.4) is 0 Å². The van der Waals surface area contributed by atoms with Crippen molar-refractivity contribution in [1.82, 2.24) is 9.80 Å². The fourth-order valence-electron chi connectivity index (χ4n) is 2.52. The molecule has 0 spiro atoms. The molecule has 0 atom stereocenters. The van der Waals surface area contributed by atoms with Crippen LogP contribution >= 0.6 is 0 Å². The molecule has 0 aromatic carbocycles. The SMILES string of the molecule is COCCN(CCO)C(=O)N(CC(=O)O)C1CCCC1. The van der Waals surface area contributed by atoms with E-state index >= 15 is 0 Å². The number of carboxylic acids is 1. The molecule has 2 amide bonds. The van der Waals surface area contributed by atoms with Crippen molar-refractivity contribution in [2.45, 2.75) is 31.7 Å². The molecule has 0 aromatic heterocycles. The van der Waals surface area contributed by atoms with Gasteiger partial charge in [-0.25, -0.2) is 4.79 Å². The van der Waals surface area contributed by atoms with Gasteiger partial charge in [-0.3, -0.25) is 4.79 Å². The fraction of sp³-hybridized carbons (Fsp3) is 0.846. The number of aliphatic hydroxyl groups excluding tert-OH is 1. The predicted molar refractivity (Wildman–Crippen MR) is 72.5 cm³/mol. The van der Waals surface area contributed by atoms with Gasteiger partial charge in [0.15, 0.2) is 0 Å². The summed E-state index contributed by atoms with van der Waals surface area (Å²) in [5.41, 5.74) is 0. The fourth-order valence-corrected chi connectivity index (χ4v) is 2.52. The number of ether oxygens (including phenoxy) is 1. The summed E-state index contributed by atoms with van der Waals surface area (Å²) in [5, 5.41) is 18.0. The molecule has 0 unspecified atom stereocenters. The summed E-state index contributed by atoms with van der Waals surface area (Å²) in [5.74, 6) is -1.01. The summed E-state index contributed by atoms with van der Waals surface area (Å²) >= 11 is 0. The topological polar surface area (TPSA) is 90.3 Å². The van der Waals surface area contributed by atoms with E-state index < -0.39 is 5.97 Å². The average molecular weight is 288 g/mol. The first kappa shape index (κ1) is 16.7. The summed E-state index contributed by atoms with van der Waals surface area (Å²) in [6.07, 6.45) is 3.73. The third-order valence-electron chi connectivity index (χ3n) is 3.52. The Labute approximate surface area is 119 Å². The maximum Gasteiger partial charge on any atom is 0.323 e. The van der Waals surface area contributed by atoms with Gasteiger partial charge in [-0.05, 0) is 12.8 Å². The Kier molecular flexibility index (Phi) is 7.32. The first-order chi connectivity index (χ1) is 9.60. The van der Waals surface area contributed by atoms with E-state index in [-0.39, 0.29) is 31.8 Å². The molecule has 1 fully saturated rings. The quantitative estimate of drug-likeness (QED) is 0.673. The maximum atomic E-state index is 12.5. The van der Waals surface area contributed by atoms with Crippen molar-refractivity contribution in [2.24, 2.45) is 0 Å². The smallest absolute Gasteiger partial charge is 0.323 e. The van der Waals surface area contributed by atoms with E-state index in [2.05, 4.69) is 0 Å². The number of hydrogen-bond donors (Lipinski definition) is 2. The van der Waals surface area contributed by atoms with Crippen molar-refractivity contribution >= 4 is 12.0 Å². The molecule has 1 rings (SSSR count). The van der Waals surface area contributed by atoms with E-state index in [1.165, 1.54) is 16.9 Å². The molecule has 0 aromatic rings. The highest BCUT2D eigenvalue weighted by Crippen LogP contribution is 2.24. The van der Waals surface area contributed by atoms with Crippen molar-refractivity contribution in [3.8, 4) is 0 Å². The monoisotopic (exact) mass is 288 g/mol. The Morgan fingerprint density at radius 1 is 1.25 bits per heavy atom. The largest absolute Gasteiger partial charge is 0.480 e. The van der Waals surface area contributed by atoms with Gasteiger partial charge in [-0.15, -0.1) is 0 Å². The molecule has 0 heterocycles. The second-order valence-electron chi connectivity index (χ2n) is 4.95. The predicted octanol–water partition coefficient (Wildman–Crippen LogP) is 0.376. The van der Waals surface area contributed by atoms with E-state index in [1.54, 1.807) is 0 Å². The van der Waals surface area contributed by atoms with Crippen molar-refractivity contribution in [3.63, 3.8) is 0 Å². The Hall–Kier alpha value is -1.34. The van der Waals surface area contributed by atoms with Gasteiger partial charge in [0.1, 0.15) is 6.54 Å². The normalized spacial score (nSPS) is 15.3. The van der Waals surface area contributed by atoms with Crippen LogP contribution in [0, 0.1) is 0 Å². The van der Waals surface area contributed by atoms with E-state index in [9.17, 15) is 9.59 Å². The third kappa shape index (κ3) is 4.97. The number of amides is 2. The Morgan fingerprint density at radius 2 is 1.90 bits per heavy atom.